The summed E-state index contributed by atoms with van der Waals surface area (Å²) in [6.45, 7) is 0. The van der Waals surface area contributed by atoms with Gasteiger partial charge in [-0.15, -0.1) is 0 Å². The molecule has 0 amide bonds. The third-order valence-electron chi connectivity index (χ3n) is 28.8. The average Bonchev–Trinajstić information content (AvgIpc) is 1.36. The van der Waals surface area contributed by atoms with Crippen molar-refractivity contribution in [2.45, 2.75) is 0 Å². The van der Waals surface area contributed by atoms with Crippen LogP contribution in [0.25, 0.3) is 321 Å². The Morgan fingerprint density at radius 1 is 0.130 bits per heavy atom. The standard InChI is InChI=1S/C130H72N12O4/c1-3-26-75(27-4-1)122-134-124(85-35-18-32-79(63-85)78-31-17-34-82(60-78)90-43-20-46-99-116-108(69-133-70-111(116)144-119(90)99)130-141-126(87-55-52-73-24-7-8-30-77(73)62-87)138-127(142-130)102-49-23-51-110-115(102)98-42-15-16-50-109(98)143-110)139-129(136-122)107-68-132-72-113-118(107)101-48-22-45-97(121(101)146-113)105-66-104-88-58-56-81(61-83(88)57-59-94(104)91-38-11-12-39-92(91)105)80-33-19-36-86(64-80)125-135-123(76-28-5-2-6-29-76)137-128(140-125)106-67-131-71-112-117(106)100-47-21-44-96(120(100)145-112)103-65-84-54-53-74-25-9-10-37-89(74)114(84)95-41-14-13-40-93(95)103/h1-72H. The van der Waals surface area contributed by atoms with E-state index in [9.17, 15) is 0 Å². The molecule has 0 saturated carbocycles. The minimum atomic E-state index is 0.444. The maximum Gasteiger partial charge on any atom is 0.166 e. The Hall–Kier alpha value is -20.1. The largest absolute Gasteiger partial charge is 0.456 e. The first-order valence-corrected chi connectivity index (χ1v) is 48.5. The second-order valence-electron chi connectivity index (χ2n) is 37.2. The number of hydrogen-bond acceptors (Lipinski definition) is 16. The second-order valence-corrected chi connectivity index (χ2v) is 37.2. The highest BCUT2D eigenvalue weighted by Gasteiger charge is 2.29. The van der Waals surface area contributed by atoms with Crippen molar-refractivity contribution >= 4 is 163 Å². The van der Waals surface area contributed by atoms with Gasteiger partial charge in [0.05, 0.1) is 18.6 Å². The van der Waals surface area contributed by atoms with Crippen molar-refractivity contribution in [1.29, 1.82) is 0 Å². The lowest BCUT2D eigenvalue weighted by molar-refractivity contribution is 0.667. The van der Waals surface area contributed by atoms with Gasteiger partial charge in [0.25, 0.3) is 0 Å². The monoisotopic (exact) mass is 1860 g/mol. The number of rotatable bonds is 14. The van der Waals surface area contributed by atoms with E-state index < -0.39 is 0 Å². The zero-order chi connectivity index (χ0) is 95.7. The molecule has 20 aromatic carbocycles. The lowest BCUT2D eigenvalue weighted by Crippen LogP contribution is -2.01. The summed E-state index contributed by atoms with van der Waals surface area (Å²) < 4.78 is 27.6. The summed E-state index contributed by atoms with van der Waals surface area (Å²) in [5, 5.41) is 23.1. The lowest BCUT2D eigenvalue weighted by atomic mass is 9.89. The molecule has 30 aromatic rings. The van der Waals surface area contributed by atoms with Crippen LogP contribution in [-0.2, 0) is 0 Å². The quantitative estimate of drug-likeness (QED) is 0.0928. The molecule has 0 atom stereocenters. The summed E-state index contributed by atoms with van der Waals surface area (Å²) in [5.41, 5.74) is 22.5. The number of hydrogen-bond donors (Lipinski definition) is 0. The number of fused-ring (bicyclic) bond motifs is 23. The molecule has 0 N–H and O–H groups in total. The molecule has 0 bridgehead atoms. The Morgan fingerprint density at radius 2 is 0.479 bits per heavy atom. The van der Waals surface area contributed by atoms with E-state index in [4.69, 9.17) is 77.5 Å². The van der Waals surface area contributed by atoms with Crippen molar-refractivity contribution in [3.8, 4) is 158 Å². The van der Waals surface area contributed by atoms with Gasteiger partial charge >= 0.3 is 0 Å². The molecule has 0 aliphatic carbocycles. The molecule has 16 nitrogen and oxygen atoms in total. The van der Waals surface area contributed by atoms with Crippen LogP contribution >= 0.6 is 0 Å². The van der Waals surface area contributed by atoms with E-state index in [1.165, 1.54) is 21.5 Å². The fourth-order valence-corrected chi connectivity index (χ4v) is 22.1. The van der Waals surface area contributed by atoms with E-state index in [0.717, 1.165) is 208 Å². The zero-order valence-electron chi connectivity index (χ0n) is 77.6. The summed E-state index contributed by atoms with van der Waals surface area (Å²) >= 11 is 0. The van der Waals surface area contributed by atoms with E-state index in [0.29, 0.717) is 91.5 Å². The number of benzene rings is 20. The van der Waals surface area contributed by atoms with E-state index in [-0.39, 0.29) is 0 Å². The van der Waals surface area contributed by atoms with Crippen molar-refractivity contribution < 1.29 is 17.7 Å². The number of aromatic nitrogens is 12. The van der Waals surface area contributed by atoms with Gasteiger partial charge in [-0.25, -0.2) is 44.9 Å². The highest BCUT2D eigenvalue weighted by atomic mass is 16.3. The molecule has 676 valence electrons. The Kier molecular flexibility index (Phi) is 18.4. The minimum absolute atomic E-state index is 0.444. The molecule has 146 heavy (non-hydrogen) atoms. The van der Waals surface area contributed by atoms with Crippen LogP contribution in [0.3, 0.4) is 0 Å². The first kappa shape index (κ1) is 81.9. The molecule has 10 heterocycles. The first-order chi connectivity index (χ1) is 72.3. The maximum absolute atomic E-state index is 7.18. The van der Waals surface area contributed by atoms with Crippen LogP contribution in [0.15, 0.2) is 455 Å². The predicted octanol–water partition coefficient (Wildman–Crippen LogP) is 33.4. The second kappa shape index (κ2) is 32.8. The van der Waals surface area contributed by atoms with Crippen LogP contribution in [-0.4, -0.2) is 59.8 Å². The number of furan rings is 4. The van der Waals surface area contributed by atoms with E-state index in [2.05, 4.69) is 297 Å². The van der Waals surface area contributed by atoms with E-state index >= 15 is 0 Å². The average molecular weight is 1870 g/mol. The fourth-order valence-electron chi connectivity index (χ4n) is 22.1. The zero-order valence-corrected chi connectivity index (χ0v) is 77.6. The van der Waals surface area contributed by atoms with Gasteiger partial charge in [-0.3, -0.25) is 15.0 Å². The van der Waals surface area contributed by atoms with Gasteiger partial charge in [0.15, 0.2) is 69.2 Å². The lowest BCUT2D eigenvalue weighted by Gasteiger charge is -2.14. The highest BCUT2D eigenvalue weighted by Crippen LogP contribution is 2.51. The van der Waals surface area contributed by atoms with Crippen LogP contribution in [0, 0.1) is 0 Å². The molecule has 0 aliphatic heterocycles. The molecule has 0 spiro atoms. The molecule has 0 unspecified atom stereocenters. The van der Waals surface area contributed by atoms with Gasteiger partial charge in [-0.1, -0.05) is 346 Å². The minimum Gasteiger partial charge on any atom is -0.456 e. The molecule has 0 aliphatic rings. The fraction of sp³-hybridized carbons (Fsp3) is 0. The molecule has 0 fully saturated rings. The topological polar surface area (TPSA) is 207 Å². The molecular weight excluding hydrogens is 1790 g/mol. The van der Waals surface area contributed by atoms with Gasteiger partial charge in [0.1, 0.15) is 27.9 Å². The molecule has 16 heteroatoms. The van der Waals surface area contributed by atoms with Crippen LogP contribution in [0.5, 0.6) is 0 Å². The van der Waals surface area contributed by atoms with Crippen molar-refractivity contribution in [1.82, 2.24) is 59.8 Å². The number of pyridine rings is 3. The van der Waals surface area contributed by atoms with Crippen LogP contribution in [0.2, 0.25) is 0 Å². The summed E-state index contributed by atoms with van der Waals surface area (Å²) in [6.07, 6.45) is 10.9. The summed E-state index contributed by atoms with van der Waals surface area (Å²) in [5.74, 6) is 4.45. The van der Waals surface area contributed by atoms with E-state index in [1.54, 1.807) is 18.6 Å². The Bertz CT molecular complexity index is 10800. The van der Waals surface area contributed by atoms with Crippen LogP contribution in [0.1, 0.15) is 0 Å². The van der Waals surface area contributed by atoms with Gasteiger partial charge in [0, 0.05) is 128 Å². The SMILES string of the molecule is c1ccc(-c2nc(-c3cccc(-c4cccc(-c5cccc6c5oc5cncc(-c7nc(-c8ccc9ccccc9c8)nc(-c8cccc9oc%10ccccc%10c89)n7)c56)c4)c3)nc(-c3cncc4oc5c(-c6cc7c8ccc(-c9cccc(-c%10nc(-c%11ccccc%11)nc(-c%11cncc%12oc%13c(-c%14cc%15ccc%16ccccc%16c%15c%15ccccc%14%15)cccc%13c%11%12)n%10)c9)cc8ccc7c7ccccc67)cccc5c34)n2)cc1. The molecule has 0 saturated heterocycles. The molecular formula is C130H72N12O4. The third-order valence-corrected chi connectivity index (χ3v) is 28.8. The van der Waals surface area contributed by atoms with Crippen molar-refractivity contribution in [2.24, 2.45) is 0 Å². The Labute approximate surface area is 830 Å². The van der Waals surface area contributed by atoms with Crippen molar-refractivity contribution in [2.75, 3.05) is 0 Å². The Morgan fingerprint density at radius 3 is 1.08 bits per heavy atom. The van der Waals surface area contributed by atoms with E-state index in [1.807, 2.05) is 122 Å². The summed E-state index contributed by atoms with van der Waals surface area (Å²) in [6, 6.07) is 140. The predicted molar refractivity (Wildman–Crippen MR) is 588 cm³/mol. The maximum atomic E-state index is 7.18. The molecule has 0 radical (unpaired) electrons. The molecule has 30 rings (SSSR count). The number of nitrogens with zero attached hydrogens (tertiary/aromatic N) is 12. The van der Waals surface area contributed by atoms with Crippen molar-refractivity contribution in [3.05, 3.63) is 438 Å². The van der Waals surface area contributed by atoms with Gasteiger partial charge in [-0.2, -0.15) is 0 Å². The Balaban J connectivity index is 0.487. The number of para-hydroxylation sites is 4. The smallest absolute Gasteiger partial charge is 0.166 e. The van der Waals surface area contributed by atoms with Crippen LogP contribution < -0.4 is 0 Å². The van der Waals surface area contributed by atoms with Gasteiger partial charge < -0.3 is 17.7 Å². The summed E-state index contributed by atoms with van der Waals surface area (Å²) in [7, 11) is 0. The molecule has 10 aromatic heterocycles. The van der Waals surface area contributed by atoms with Crippen LogP contribution in [0.4, 0.5) is 0 Å². The highest BCUT2D eigenvalue weighted by molar-refractivity contribution is 6.27. The normalized spacial score (nSPS) is 12.0. The summed E-state index contributed by atoms with van der Waals surface area (Å²) in [4.78, 5) is 62.5. The van der Waals surface area contributed by atoms with Gasteiger partial charge in [-0.05, 0) is 169 Å². The van der Waals surface area contributed by atoms with Crippen molar-refractivity contribution in [3.63, 3.8) is 0 Å². The first-order valence-electron chi connectivity index (χ1n) is 48.5. The van der Waals surface area contributed by atoms with Gasteiger partial charge in [0.2, 0.25) is 0 Å². The third kappa shape index (κ3) is 13.3.